The molecule has 2 rings (SSSR count). The number of hydrogen-bond donors (Lipinski definition) is 2. The minimum absolute atomic E-state index is 0.0192. The normalized spacial score (nSPS) is 12.7. The Bertz CT molecular complexity index is 978. The molecule has 0 saturated heterocycles. The van der Waals surface area contributed by atoms with Crippen molar-refractivity contribution in [1.29, 1.82) is 0 Å². The summed E-state index contributed by atoms with van der Waals surface area (Å²) in [5.74, 6) is -2.68. The van der Waals surface area contributed by atoms with Gasteiger partial charge in [0.2, 0.25) is 10.0 Å². The van der Waals surface area contributed by atoms with E-state index in [1.54, 1.807) is 6.92 Å². The first-order valence-electron chi connectivity index (χ1n) is 8.52. The molecule has 2 aromatic rings. The first-order valence-corrected chi connectivity index (χ1v) is 10.00. The van der Waals surface area contributed by atoms with Crippen LogP contribution in [0.4, 0.5) is 14.5 Å². The maximum Gasteiger partial charge on any atom is 0.259 e. The van der Waals surface area contributed by atoms with Crippen molar-refractivity contribution in [3.05, 3.63) is 53.6 Å². The lowest BCUT2D eigenvalue weighted by Gasteiger charge is -2.18. The van der Waals surface area contributed by atoms with Crippen LogP contribution in [0.25, 0.3) is 0 Å². The molecule has 152 valence electrons. The van der Waals surface area contributed by atoms with Gasteiger partial charge >= 0.3 is 0 Å². The highest BCUT2D eigenvalue weighted by Gasteiger charge is 2.23. The predicted octanol–water partition coefficient (Wildman–Crippen LogP) is 3.55. The van der Waals surface area contributed by atoms with Crippen molar-refractivity contribution in [2.24, 2.45) is 5.92 Å². The third-order valence-corrected chi connectivity index (χ3v) is 5.80. The molecule has 0 aliphatic rings. The van der Waals surface area contributed by atoms with Crippen molar-refractivity contribution >= 4 is 21.6 Å². The molecular weight excluding hydrogens is 390 g/mol. The summed E-state index contributed by atoms with van der Waals surface area (Å²) in [6.45, 7) is 5.49. The van der Waals surface area contributed by atoms with E-state index in [1.165, 1.54) is 31.4 Å². The number of hydrogen-bond acceptors (Lipinski definition) is 4. The first-order chi connectivity index (χ1) is 13.0. The molecule has 28 heavy (non-hydrogen) atoms. The van der Waals surface area contributed by atoms with Gasteiger partial charge in [0.05, 0.1) is 17.6 Å². The van der Waals surface area contributed by atoms with Crippen molar-refractivity contribution in [2.75, 3.05) is 12.4 Å². The predicted molar refractivity (Wildman–Crippen MR) is 102 cm³/mol. The molecule has 0 unspecified atom stereocenters. The van der Waals surface area contributed by atoms with Crippen LogP contribution in [-0.4, -0.2) is 27.5 Å². The van der Waals surface area contributed by atoms with Gasteiger partial charge in [-0.1, -0.05) is 13.8 Å². The van der Waals surface area contributed by atoms with Crippen LogP contribution >= 0.6 is 0 Å². The molecule has 0 saturated carbocycles. The Hall–Kier alpha value is -2.52. The van der Waals surface area contributed by atoms with E-state index in [4.69, 9.17) is 4.74 Å². The molecule has 0 spiro atoms. The van der Waals surface area contributed by atoms with E-state index < -0.39 is 27.6 Å². The van der Waals surface area contributed by atoms with Gasteiger partial charge in [-0.2, -0.15) is 0 Å². The molecule has 0 aliphatic carbocycles. The fourth-order valence-electron chi connectivity index (χ4n) is 2.25. The fraction of sp³-hybridized carbons (Fsp3) is 0.316. The van der Waals surface area contributed by atoms with E-state index in [9.17, 15) is 22.0 Å². The average molecular weight is 412 g/mol. The number of nitrogens with one attached hydrogen (secondary N) is 2. The maximum absolute atomic E-state index is 13.3. The van der Waals surface area contributed by atoms with Gasteiger partial charge in [-0.15, -0.1) is 0 Å². The van der Waals surface area contributed by atoms with Gasteiger partial charge in [0.25, 0.3) is 5.91 Å². The number of anilines is 1. The van der Waals surface area contributed by atoms with Gasteiger partial charge in [-0.05, 0) is 43.2 Å². The van der Waals surface area contributed by atoms with Crippen molar-refractivity contribution < 1.29 is 26.7 Å². The van der Waals surface area contributed by atoms with E-state index in [0.29, 0.717) is 0 Å². The molecule has 0 heterocycles. The highest BCUT2D eigenvalue weighted by atomic mass is 32.2. The number of rotatable bonds is 7. The van der Waals surface area contributed by atoms with Gasteiger partial charge < -0.3 is 10.1 Å². The minimum Gasteiger partial charge on any atom is -0.496 e. The number of methoxy groups -OCH3 is 1. The topological polar surface area (TPSA) is 84.5 Å². The molecule has 0 aromatic heterocycles. The summed E-state index contributed by atoms with van der Waals surface area (Å²) < 4.78 is 59.2. The number of sulfonamides is 1. The zero-order valence-electron chi connectivity index (χ0n) is 15.9. The van der Waals surface area contributed by atoms with Gasteiger partial charge in [-0.3, -0.25) is 4.79 Å². The quantitative estimate of drug-likeness (QED) is 0.728. The number of carbonyl (C=O) groups excluding carboxylic acids is 1. The summed E-state index contributed by atoms with van der Waals surface area (Å²) in [5, 5.41) is 2.40. The third-order valence-electron chi connectivity index (χ3n) is 4.24. The SMILES string of the molecule is COc1ccc(S(=O)(=O)N[C@H](C)C(C)C)cc1C(=O)Nc1ccc(F)c(F)c1. The van der Waals surface area contributed by atoms with Gasteiger partial charge in [0.1, 0.15) is 5.75 Å². The second-order valence-corrected chi connectivity index (χ2v) is 8.31. The largest absolute Gasteiger partial charge is 0.496 e. The van der Waals surface area contributed by atoms with E-state index in [1.807, 2.05) is 13.8 Å². The summed E-state index contributed by atoms with van der Waals surface area (Å²) in [7, 11) is -2.54. The molecule has 9 heteroatoms. The number of halogens is 2. The maximum atomic E-state index is 13.3. The van der Waals surface area contributed by atoms with Crippen LogP contribution in [0, 0.1) is 17.6 Å². The summed E-state index contributed by atoms with van der Waals surface area (Å²) in [4.78, 5) is 12.5. The molecule has 0 bridgehead atoms. The van der Waals surface area contributed by atoms with Crippen LogP contribution in [-0.2, 0) is 10.0 Å². The molecule has 1 amide bonds. The number of ether oxygens (including phenoxy) is 1. The lowest BCUT2D eigenvalue weighted by molar-refractivity contribution is 0.102. The Morgan fingerprint density at radius 1 is 1.04 bits per heavy atom. The Balaban J connectivity index is 2.36. The molecule has 0 aliphatic heterocycles. The third kappa shape index (κ3) is 5.05. The first kappa shape index (κ1) is 21.8. The van der Waals surface area contributed by atoms with Crippen molar-refractivity contribution in [2.45, 2.75) is 31.7 Å². The summed E-state index contributed by atoms with van der Waals surface area (Å²) >= 11 is 0. The molecule has 6 nitrogen and oxygen atoms in total. The van der Waals surface area contributed by atoms with Crippen LogP contribution in [0.15, 0.2) is 41.3 Å². The smallest absolute Gasteiger partial charge is 0.259 e. The Morgan fingerprint density at radius 2 is 1.71 bits per heavy atom. The monoisotopic (exact) mass is 412 g/mol. The van der Waals surface area contributed by atoms with Gasteiger partial charge in [-0.25, -0.2) is 21.9 Å². The highest BCUT2D eigenvalue weighted by Crippen LogP contribution is 2.24. The van der Waals surface area contributed by atoms with E-state index in [-0.39, 0.29) is 33.9 Å². The standard InChI is InChI=1S/C19H22F2N2O4S/c1-11(2)12(3)23-28(25,26)14-6-8-18(27-4)15(10-14)19(24)22-13-5-7-16(20)17(21)9-13/h5-12,23H,1-4H3,(H,22,24)/t12-/m1/s1. The molecular formula is C19H22F2N2O4S. The Morgan fingerprint density at radius 3 is 2.29 bits per heavy atom. The van der Waals surface area contributed by atoms with Crippen LogP contribution in [0.2, 0.25) is 0 Å². The van der Waals surface area contributed by atoms with Crippen LogP contribution in [0.3, 0.4) is 0 Å². The second kappa shape index (κ2) is 8.66. The fourth-order valence-corrected chi connectivity index (χ4v) is 3.67. The molecule has 1 atom stereocenters. The van der Waals surface area contributed by atoms with Crippen molar-refractivity contribution in [3.63, 3.8) is 0 Å². The van der Waals surface area contributed by atoms with Crippen LogP contribution < -0.4 is 14.8 Å². The molecule has 0 radical (unpaired) electrons. The van der Waals surface area contributed by atoms with E-state index in [2.05, 4.69) is 10.0 Å². The van der Waals surface area contributed by atoms with E-state index >= 15 is 0 Å². The lowest BCUT2D eigenvalue weighted by atomic mass is 10.1. The summed E-state index contributed by atoms with van der Waals surface area (Å²) in [6, 6.07) is 6.43. The number of benzene rings is 2. The second-order valence-electron chi connectivity index (χ2n) is 6.60. The zero-order chi connectivity index (χ0) is 21.1. The molecule has 0 fully saturated rings. The van der Waals surface area contributed by atoms with Crippen molar-refractivity contribution in [1.82, 2.24) is 4.72 Å². The Labute approximate surface area is 163 Å². The number of carbonyl (C=O) groups is 1. The molecule has 2 aromatic carbocycles. The average Bonchev–Trinajstić information content (AvgIpc) is 2.63. The van der Waals surface area contributed by atoms with Crippen LogP contribution in [0.1, 0.15) is 31.1 Å². The highest BCUT2D eigenvalue weighted by molar-refractivity contribution is 7.89. The minimum atomic E-state index is -3.87. The van der Waals surface area contributed by atoms with Gasteiger partial charge in [0.15, 0.2) is 11.6 Å². The number of amides is 1. The van der Waals surface area contributed by atoms with Crippen molar-refractivity contribution in [3.8, 4) is 5.75 Å². The Kier molecular flexibility index (Phi) is 6.73. The van der Waals surface area contributed by atoms with Crippen LogP contribution in [0.5, 0.6) is 5.75 Å². The summed E-state index contributed by atoms with van der Waals surface area (Å²) in [6.07, 6.45) is 0. The molecule has 2 N–H and O–H groups in total. The summed E-state index contributed by atoms with van der Waals surface area (Å²) in [5.41, 5.74) is -0.0434. The lowest BCUT2D eigenvalue weighted by Crippen LogP contribution is -2.36. The van der Waals surface area contributed by atoms with E-state index in [0.717, 1.165) is 12.1 Å². The van der Waals surface area contributed by atoms with Gasteiger partial charge in [0, 0.05) is 17.8 Å². The zero-order valence-corrected chi connectivity index (χ0v) is 16.7.